The van der Waals surface area contributed by atoms with E-state index in [0.717, 1.165) is 25.9 Å². The third-order valence-electron chi connectivity index (χ3n) is 7.36. The molecule has 1 saturated carbocycles. The molecule has 1 aliphatic carbocycles. The van der Waals surface area contributed by atoms with E-state index in [-0.39, 0.29) is 11.6 Å². The molecule has 1 aromatic carbocycles. The first kappa shape index (κ1) is 22.7. The van der Waals surface area contributed by atoms with Crippen molar-refractivity contribution >= 4 is 29.2 Å². The molecular formula is C23H36FN8+. The molecule has 1 aliphatic heterocycles. The van der Waals surface area contributed by atoms with Gasteiger partial charge in [-0.25, -0.2) is 4.39 Å². The summed E-state index contributed by atoms with van der Waals surface area (Å²) in [4.78, 5) is 16.2. The van der Waals surface area contributed by atoms with Crippen molar-refractivity contribution in [1.29, 1.82) is 0 Å². The van der Waals surface area contributed by atoms with Gasteiger partial charge >= 0.3 is 5.95 Å². The van der Waals surface area contributed by atoms with E-state index < -0.39 is 5.82 Å². The van der Waals surface area contributed by atoms with Gasteiger partial charge in [-0.05, 0) is 50.9 Å². The Labute approximate surface area is 189 Å². The fourth-order valence-corrected chi connectivity index (χ4v) is 5.34. The minimum atomic E-state index is -0.484. The number of likely N-dealkylation sites (tertiary alicyclic amines) is 1. The summed E-state index contributed by atoms with van der Waals surface area (Å²) in [7, 11) is 4.47. The molecule has 2 fully saturated rings. The number of nitrogen functional groups attached to an aromatic ring is 2. The number of piperidine rings is 1. The van der Waals surface area contributed by atoms with Gasteiger partial charge in [0.25, 0.3) is 0 Å². The van der Waals surface area contributed by atoms with Gasteiger partial charge in [0.15, 0.2) is 0 Å². The second-order valence-corrected chi connectivity index (χ2v) is 9.51. The van der Waals surface area contributed by atoms with Crippen LogP contribution in [0.25, 0.3) is 0 Å². The van der Waals surface area contributed by atoms with Crippen LogP contribution < -0.4 is 21.3 Å². The molecule has 9 heteroatoms. The maximum Gasteiger partial charge on any atom is 0.335 e. The van der Waals surface area contributed by atoms with Gasteiger partial charge in [0.2, 0.25) is 11.9 Å². The van der Waals surface area contributed by atoms with Crippen molar-refractivity contribution in [3.05, 3.63) is 24.0 Å². The first-order chi connectivity index (χ1) is 15.4. The molecule has 174 valence electrons. The number of quaternary nitrogens is 1. The Kier molecular flexibility index (Phi) is 6.76. The fraction of sp³-hybridized carbons (Fsp3) is 0.609. The predicted molar refractivity (Wildman–Crippen MR) is 128 cm³/mol. The summed E-state index contributed by atoms with van der Waals surface area (Å²) in [5.74, 6) is 0.738. The third kappa shape index (κ3) is 4.78. The smallest absolute Gasteiger partial charge is 0.335 e. The van der Waals surface area contributed by atoms with Gasteiger partial charge in [-0.1, -0.05) is 12.8 Å². The van der Waals surface area contributed by atoms with Crippen molar-refractivity contribution in [3.8, 4) is 0 Å². The molecule has 1 aromatic heterocycles. The van der Waals surface area contributed by atoms with Gasteiger partial charge in [-0.15, -0.1) is 9.97 Å². The van der Waals surface area contributed by atoms with Crippen LogP contribution in [-0.4, -0.2) is 59.1 Å². The highest BCUT2D eigenvalue weighted by Gasteiger charge is 2.45. The Morgan fingerprint density at radius 2 is 1.62 bits per heavy atom. The molecule has 8 nitrogen and oxygen atoms in total. The predicted octanol–water partition coefficient (Wildman–Crippen LogP) is 3.67. The topological polar surface area (TPSA) is 106 Å². The number of nitrogens with two attached hydrogens (primary N) is 2. The van der Waals surface area contributed by atoms with Gasteiger partial charge in [-0.3, -0.25) is 4.48 Å². The minimum Gasteiger partial charge on any atom is -0.396 e. The van der Waals surface area contributed by atoms with E-state index in [0.29, 0.717) is 34.2 Å². The molecule has 2 heterocycles. The van der Waals surface area contributed by atoms with E-state index in [1.807, 2.05) is 0 Å². The molecule has 4 rings (SSSR count). The van der Waals surface area contributed by atoms with Crippen molar-refractivity contribution in [2.45, 2.75) is 63.5 Å². The first-order valence-corrected chi connectivity index (χ1v) is 11.7. The second-order valence-electron chi connectivity index (χ2n) is 9.51. The van der Waals surface area contributed by atoms with E-state index in [9.17, 15) is 4.39 Å². The van der Waals surface area contributed by atoms with Crippen LogP contribution in [0.3, 0.4) is 0 Å². The monoisotopic (exact) mass is 443 g/mol. The number of hydrogen-bond acceptors (Lipinski definition) is 7. The molecule has 1 atom stereocenters. The Hall–Kier alpha value is -2.52. The lowest BCUT2D eigenvalue weighted by molar-refractivity contribution is 0.0961. The minimum absolute atomic E-state index is 0.103. The van der Waals surface area contributed by atoms with Crippen molar-refractivity contribution < 1.29 is 4.39 Å². The Bertz CT molecular complexity index is 922. The van der Waals surface area contributed by atoms with Crippen LogP contribution in [0.15, 0.2) is 18.2 Å². The summed E-state index contributed by atoms with van der Waals surface area (Å²) < 4.78 is 14.6. The Morgan fingerprint density at radius 3 is 2.28 bits per heavy atom. The fourth-order valence-electron chi connectivity index (χ4n) is 5.34. The summed E-state index contributed by atoms with van der Waals surface area (Å²) in [6.07, 6.45) is 9.59. The third-order valence-corrected chi connectivity index (χ3v) is 7.36. The molecule has 2 aromatic rings. The Morgan fingerprint density at radius 1 is 0.969 bits per heavy atom. The average molecular weight is 444 g/mol. The van der Waals surface area contributed by atoms with Gasteiger partial charge in [0.1, 0.15) is 5.82 Å². The van der Waals surface area contributed by atoms with Crippen LogP contribution in [0.2, 0.25) is 0 Å². The molecule has 0 amide bonds. The van der Waals surface area contributed by atoms with E-state index >= 15 is 0 Å². The number of nitrogens with one attached hydrogen (secondary N) is 1. The zero-order chi connectivity index (χ0) is 22.7. The van der Waals surface area contributed by atoms with E-state index in [4.69, 9.17) is 16.5 Å². The zero-order valence-corrected chi connectivity index (χ0v) is 19.2. The summed E-state index contributed by atoms with van der Waals surface area (Å²) in [5.41, 5.74) is 12.4. The van der Waals surface area contributed by atoms with Gasteiger partial charge < -0.3 is 21.7 Å². The van der Waals surface area contributed by atoms with Crippen molar-refractivity contribution in [3.63, 3.8) is 0 Å². The molecule has 1 unspecified atom stereocenters. The van der Waals surface area contributed by atoms with Crippen LogP contribution in [0.4, 0.5) is 33.6 Å². The van der Waals surface area contributed by atoms with Gasteiger partial charge in [0, 0.05) is 31.6 Å². The van der Waals surface area contributed by atoms with Gasteiger partial charge in [-0.2, -0.15) is 4.98 Å². The molecule has 2 aliphatic rings. The van der Waals surface area contributed by atoms with Crippen molar-refractivity contribution in [2.24, 2.45) is 0 Å². The normalized spacial score (nSPS) is 21.1. The molecule has 32 heavy (non-hydrogen) atoms. The number of nitrogens with zero attached hydrogens (tertiary/aromatic N) is 5. The van der Waals surface area contributed by atoms with Crippen LogP contribution in [-0.2, 0) is 0 Å². The van der Waals surface area contributed by atoms with E-state index in [1.54, 1.807) is 6.07 Å². The molecule has 0 radical (unpaired) electrons. The quantitative estimate of drug-likeness (QED) is 0.368. The van der Waals surface area contributed by atoms with Crippen LogP contribution in [0.5, 0.6) is 0 Å². The first-order valence-electron chi connectivity index (χ1n) is 11.7. The summed E-state index contributed by atoms with van der Waals surface area (Å²) in [6.45, 7) is 2.14. The molecule has 0 spiro atoms. The SMILES string of the molecule is CN1CCC([N+](C)(c2nc(N)nc(Nc3ccc(N)c(F)c3)n2)C2CCCCCC2)CC1. The maximum atomic E-state index is 13.9. The molecule has 1 saturated heterocycles. The van der Waals surface area contributed by atoms with E-state index in [2.05, 4.69) is 34.3 Å². The standard InChI is InChI=1S/C23H36FN8/c1-31-13-11-18(12-14-31)32(2,17-7-5-3-4-6-8-17)23-29-21(26)28-22(30-23)27-16-9-10-20(25)19(24)15-16/h9-10,15,17-18H,3-8,11-14,25H2,1-2H3,(H3,26,27,28,29,30)/q+1. The number of aromatic nitrogens is 3. The van der Waals surface area contributed by atoms with Crippen molar-refractivity contribution in [1.82, 2.24) is 24.3 Å². The highest BCUT2D eigenvalue weighted by atomic mass is 19.1. The molecular weight excluding hydrogens is 407 g/mol. The molecule has 5 N–H and O–H groups in total. The number of rotatable bonds is 5. The Balaban J connectivity index is 1.70. The van der Waals surface area contributed by atoms with Crippen LogP contribution in [0.1, 0.15) is 51.4 Å². The van der Waals surface area contributed by atoms with Crippen LogP contribution >= 0.6 is 0 Å². The zero-order valence-electron chi connectivity index (χ0n) is 19.2. The lowest BCUT2D eigenvalue weighted by atomic mass is 9.95. The average Bonchev–Trinajstić information content (AvgIpc) is 3.06. The van der Waals surface area contributed by atoms with Crippen molar-refractivity contribution in [2.75, 3.05) is 44.0 Å². The highest BCUT2D eigenvalue weighted by Crippen LogP contribution is 2.36. The van der Waals surface area contributed by atoms with Crippen LogP contribution in [0, 0.1) is 5.82 Å². The lowest BCUT2D eigenvalue weighted by Gasteiger charge is -2.47. The lowest BCUT2D eigenvalue weighted by Crippen LogP contribution is -2.63. The second kappa shape index (κ2) is 9.54. The number of halogens is 1. The van der Waals surface area contributed by atoms with Gasteiger partial charge in [0.05, 0.1) is 24.8 Å². The largest absolute Gasteiger partial charge is 0.396 e. The summed E-state index contributed by atoms with van der Waals surface area (Å²) >= 11 is 0. The highest BCUT2D eigenvalue weighted by molar-refractivity contribution is 5.59. The summed E-state index contributed by atoms with van der Waals surface area (Å²) in [6, 6.07) is 5.44. The summed E-state index contributed by atoms with van der Waals surface area (Å²) in [5, 5.41) is 3.09. The molecule has 0 bridgehead atoms. The number of benzene rings is 1. The number of anilines is 4. The van der Waals surface area contributed by atoms with E-state index in [1.165, 1.54) is 50.7 Å². The maximum absolute atomic E-state index is 13.9. The number of hydrogen-bond donors (Lipinski definition) is 3.